The molecule has 1 aliphatic carbocycles. The van der Waals surface area contributed by atoms with E-state index in [2.05, 4.69) is 45.1 Å². The van der Waals surface area contributed by atoms with Gasteiger partial charge in [0.15, 0.2) is 0 Å². The number of nitrogens with one attached hydrogen (secondary N) is 3. The van der Waals surface area contributed by atoms with Gasteiger partial charge in [0.2, 0.25) is 0 Å². The summed E-state index contributed by atoms with van der Waals surface area (Å²) in [5.41, 5.74) is 2.75. The van der Waals surface area contributed by atoms with Crippen molar-refractivity contribution in [1.82, 2.24) is 15.5 Å². The van der Waals surface area contributed by atoms with Crippen molar-refractivity contribution in [1.29, 1.82) is 0 Å². The number of piperidine rings is 2. The molecule has 3 aliphatic rings. The van der Waals surface area contributed by atoms with Crippen LogP contribution < -0.4 is 16.0 Å². The smallest absolute Gasteiger partial charge is 0.253 e. The normalized spacial score (nSPS) is 25.1. The molecule has 2 aromatic rings. The van der Waals surface area contributed by atoms with Crippen LogP contribution in [0.3, 0.4) is 0 Å². The van der Waals surface area contributed by atoms with Gasteiger partial charge >= 0.3 is 0 Å². The highest BCUT2D eigenvalue weighted by Crippen LogP contribution is 2.33. The number of likely N-dealkylation sites (tertiary alicyclic amines) is 1. The maximum Gasteiger partial charge on any atom is 0.253 e. The number of anilines is 1. The van der Waals surface area contributed by atoms with E-state index in [0.29, 0.717) is 18.0 Å². The minimum absolute atomic E-state index is 0.0301. The van der Waals surface area contributed by atoms with E-state index in [1.54, 1.807) is 0 Å². The monoisotopic (exact) mass is 446 g/mol. The number of carbonyl (C=O) groups is 1. The summed E-state index contributed by atoms with van der Waals surface area (Å²) in [6, 6.07) is 19.3. The lowest BCUT2D eigenvalue weighted by molar-refractivity contribution is 0.0895. The van der Waals surface area contributed by atoms with E-state index in [-0.39, 0.29) is 5.91 Å². The molecule has 3 fully saturated rings. The number of hydrogen-bond donors (Lipinski definition) is 3. The average molecular weight is 447 g/mol. The van der Waals surface area contributed by atoms with E-state index in [1.807, 2.05) is 30.3 Å². The minimum atomic E-state index is -0.473. The van der Waals surface area contributed by atoms with Crippen molar-refractivity contribution >= 4 is 11.6 Å². The Hall–Kier alpha value is -2.37. The zero-order valence-corrected chi connectivity index (χ0v) is 19.7. The Bertz CT molecular complexity index is 893. The summed E-state index contributed by atoms with van der Waals surface area (Å²) in [7, 11) is 0. The van der Waals surface area contributed by atoms with Crippen LogP contribution in [0.15, 0.2) is 54.6 Å². The summed E-state index contributed by atoms with van der Waals surface area (Å²) < 4.78 is 0. The molecule has 2 heterocycles. The quantitative estimate of drug-likeness (QED) is 0.562. The van der Waals surface area contributed by atoms with Gasteiger partial charge in [-0.2, -0.15) is 0 Å². The van der Waals surface area contributed by atoms with Crippen molar-refractivity contribution < 1.29 is 4.79 Å². The Morgan fingerprint density at radius 2 is 1.64 bits per heavy atom. The van der Waals surface area contributed by atoms with E-state index >= 15 is 0 Å². The first-order valence-corrected chi connectivity index (χ1v) is 12.9. The Morgan fingerprint density at radius 3 is 2.30 bits per heavy atom. The number of carbonyl (C=O) groups excluding carboxylic acids is 1. The van der Waals surface area contributed by atoms with Crippen LogP contribution in [0.4, 0.5) is 5.69 Å². The molecule has 5 nitrogen and oxygen atoms in total. The van der Waals surface area contributed by atoms with Gasteiger partial charge in [0.1, 0.15) is 5.66 Å². The molecule has 1 amide bonds. The molecule has 176 valence electrons. The predicted octanol–water partition coefficient (Wildman–Crippen LogP) is 4.73. The lowest BCUT2D eigenvalue weighted by atomic mass is 9.88. The van der Waals surface area contributed by atoms with Gasteiger partial charge in [0.25, 0.3) is 5.91 Å². The number of rotatable bonds is 6. The lowest BCUT2D eigenvalue weighted by Crippen LogP contribution is -2.62. The maximum atomic E-state index is 12.9. The number of benzene rings is 2. The van der Waals surface area contributed by atoms with E-state index < -0.39 is 5.66 Å². The molecule has 2 aliphatic heterocycles. The van der Waals surface area contributed by atoms with Crippen LogP contribution in [0.25, 0.3) is 0 Å². The van der Waals surface area contributed by atoms with Crippen LogP contribution in [-0.4, -0.2) is 48.7 Å². The van der Waals surface area contributed by atoms with Gasteiger partial charge in [-0.15, -0.1) is 0 Å². The second-order valence-corrected chi connectivity index (χ2v) is 10.2. The van der Waals surface area contributed by atoms with Gasteiger partial charge in [-0.25, -0.2) is 0 Å². The summed E-state index contributed by atoms with van der Waals surface area (Å²) in [4.78, 5) is 15.7. The third-order valence-electron chi connectivity index (χ3n) is 7.91. The Morgan fingerprint density at radius 1 is 0.909 bits per heavy atom. The Kier molecular flexibility index (Phi) is 6.98. The average Bonchev–Trinajstić information content (AvgIpc) is 3.41. The fourth-order valence-electron chi connectivity index (χ4n) is 6.01. The number of nitrogens with zero attached hydrogens (tertiary/aromatic N) is 1. The molecule has 2 saturated heterocycles. The first kappa shape index (κ1) is 22.4. The molecule has 1 saturated carbocycles. The maximum absolute atomic E-state index is 12.9. The predicted molar refractivity (Wildman–Crippen MR) is 135 cm³/mol. The van der Waals surface area contributed by atoms with Crippen molar-refractivity contribution in [2.45, 2.75) is 69.0 Å². The molecule has 0 radical (unpaired) electrons. The zero-order valence-electron chi connectivity index (χ0n) is 19.7. The largest absolute Gasteiger partial charge is 0.362 e. The second-order valence-electron chi connectivity index (χ2n) is 10.2. The van der Waals surface area contributed by atoms with Crippen LogP contribution in [0.2, 0.25) is 0 Å². The van der Waals surface area contributed by atoms with Gasteiger partial charge in [-0.3, -0.25) is 4.79 Å². The van der Waals surface area contributed by atoms with Crippen LogP contribution >= 0.6 is 0 Å². The summed E-state index contributed by atoms with van der Waals surface area (Å²) in [5, 5.41) is 10.4. The molecular formula is C28H38N4O. The Balaban J connectivity index is 1.22. The molecular weight excluding hydrogens is 408 g/mol. The molecule has 0 unspecified atom stereocenters. The first-order chi connectivity index (χ1) is 16.2. The first-order valence-electron chi connectivity index (χ1n) is 12.9. The number of hydrogen-bond acceptors (Lipinski definition) is 4. The van der Waals surface area contributed by atoms with Gasteiger partial charge in [-0.05, 0) is 93.9 Å². The minimum Gasteiger partial charge on any atom is -0.362 e. The highest BCUT2D eigenvalue weighted by atomic mass is 16.2. The van der Waals surface area contributed by atoms with Gasteiger partial charge in [-0.1, -0.05) is 43.2 Å². The third-order valence-corrected chi connectivity index (χ3v) is 7.91. The summed E-state index contributed by atoms with van der Waals surface area (Å²) >= 11 is 0. The van der Waals surface area contributed by atoms with E-state index in [4.69, 9.17) is 0 Å². The highest BCUT2D eigenvalue weighted by molar-refractivity contribution is 5.94. The molecule has 2 aromatic carbocycles. The summed E-state index contributed by atoms with van der Waals surface area (Å²) in [6.07, 6.45) is 10.1. The molecule has 0 aromatic heterocycles. The molecule has 33 heavy (non-hydrogen) atoms. The summed E-state index contributed by atoms with van der Waals surface area (Å²) in [5.74, 6) is 0.636. The van der Waals surface area contributed by atoms with E-state index in [1.165, 1.54) is 57.2 Å². The molecule has 0 bridgehead atoms. The van der Waals surface area contributed by atoms with Gasteiger partial charge < -0.3 is 20.9 Å². The Labute approximate surface area is 198 Å². The van der Waals surface area contributed by atoms with Gasteiger partial charge in [0, 0.05) is 23.8 Å². The molecule has 5 heteroatoms. The molecule has 3 N–H and O–H groups in total. The van der Waals surface area contributed by atoms with Crippen molar-refractivity contribution in [3.05, 3.63) is 65.7 Å². The SMILES string of the molecule is O=C(N[C@]1(Nc2ccc(C3CCN(C4CCCC4)CC3)cc2)CCCNC1)c1ccccc1. The molecule has 1 atom stereocenters. The summed E-state index contributed by atoms with van der Waals surface area (Å²) in [6.45, 7) is 4.20. The van der Waals surface area contributed by atoms with Gasteiger partial charge in [0.05, 0.1) is 0 Å². The van der Waals surface area contributed by atoms with Crippen LogP contribution in [0.1, 0.15) is 73.2 Å². The zero-order chi connectivity index (χ0) is 22.5. The third kappa shape index (κ3) is 5.42. The van der Waals surface area contributed by atoms with Crippen molar-refractivity contribution in [3.8, 4) is 0 Å². The standard InChI is InChI=1S/C28H38N4O/c33-27(24-7-2-1-3-8-24)31-28(17-6-18-29-21-28)30-25-13-11-22(12-14-25)23-15-19-32(20-16-23)26-9-4-5-10-26/h1-3,7-8,11-14,23,26,29-30H,4-6,9-10,15-21H2,(H,31,33)/t28-/m1/s1. The fourth-order valence-corrected chi connectivity index (χ4v) is 6.01. The van der Waals surface area contributed by atoms with E-state index in [9.17, 15) is 4.79 Å². The topological polar surface area (TPSA) is 56.4 Å². The second kappa shape index (κ2) is 10.3. The van der Waals surface area contributed by atoms with Crippen LogP contribution in [0.5, 0.6) is 0 Å². The highest BCUT2D eigenvalue weighted by Gasteiger charge is 2.34. The van der Waals surface area contributed by atoms with Crippen molar-refractivity contribution in [2.24, 2.45) is 0 Å². The molecule has 5 rings (SSSR count). The van der Waals surface area contributed by atoms with Crippen molar-refractivity contribution in [3.63, 3.8) is 0 Å². The van der Waals surface area contributed by atoms with Crippen molar-refractivity contribution in [2.75, 3.05) is 31.5 Å². The van der Waals surface area contributed by atoms with Crippen LogP contribution in [0, 0.1) is 0 Å². The van der Waals surface area contributed by atoms with E-state index in [0.717, 1.165) is 31.1 Å². The lowest BCUT2D eigenvalue weighted by Gasteiger charge is -2.40. The fraction of sp³-hybridized carbons (Fsp3) is 0.536. The number of amides is 1. The molecule has 0 spiro atoms. The van der Waals surface area contributed by atoms with Crippen LogP contribution in [-0.2, 0) is 0 Å².